The molecule has 3 rings (SSSR count). The van der Waals surface area contributed by atoms with Crippen LogP contribution in [0, 0.1) is 6.92 Å². The molecule has 41 heavy (non-hydrogen) atoms. The predicted octanol–water partition coefficient (Wildman–Crippen LogP) is 5.84. The summed E-state index contributed by atoms with van der Waals surface area (Å²) >= 11 is 12.3. The first kappa shape index (κ1) is 32.2. The lowest BCUT2D eigenvalue weighted by Crippen LogP contribution is -2.53. The Hall–Kier alpha value is -3.27. The number of halogens is 2. The van der Waals surface area contributed by atoms with Gasteiger partial charge in [-0.05, 0) is 69.2 Å². The Morgan fingerprint density at radius 3 is 2.24 bits per heavy atom. The topological polar surface area (TPSA) is 96.0 Å². The minimum atomic E-state index is -4.19. The number of carbonyl (C=O) groups excluding carboxylic acids is 2. The second kappa shape index (κ2) is 14.1. The van der Waals surface area contributed by atoms with Gasteiger partial charge in [-0.1, -0.05) is 60.0 Å². The molecular weight excluding hydrogens is 585 g/mol. The van der Waals surface area contributed by atoms with Crippen LogP contribution in [-0.4, -0.2) is 50.9 Å². The van der Waals surface area contributed by atoms with Gasteiger partial charge in [0.05, 0.1) is 27.7 Å². The summed E-state index contributed by atoms with van der Waals surface area (Å²) in [4.78, 5) is 28.8. The van der Waals surface area contributed by atoms with Crippen molar-refractivity contribution in [3.05, 3.63) is 87.9 Å². The zero-order chi connectivity index (χ0) is 30.3. The van der Waals surface area contributed by atoms with Crippen molar-refractivity contribution in [3.8, 4) is 5.75 Å². The van der Waals surface area contributed by atoms with Crippen molar-refractivity contribution in [2.45, 2.75) is 57.6 Å². The number of benzene rings is 3. The first-order valence-electron chi connectivity index (χ1n) is 13.1. The van der Waals surface area contributed by atoms with Crippen molar-refractivity contribution in [3.63, 3.8) is 0 Å². The third kappa shape index (κ3) is 8.15. The third-order valence-corrected chi connectivity index (χ3v) is 8.91. The number of hydrogen-bond acceptors (Lipinski definition) is 5. The fraction of sp³-hybridized carbons (Fsp3) is 0.333. The monoisotopic (exact) mass is 619 g/mol. The molecule has 0 bridgehead atoms. The highest BCUT2D eigenvalue weighted by Crippen LogP contribution is 2.29. The van der Waals surface area contributed by atoms with Gasteiger partial charge >= 0.3 is 0 Å². The van der Waals surface area contributed by atoms with Gasteiger partial charge in [-0.15, -0.1) is 0 Å². The Labute approximate surface area is 252 Å². The fourth-order valence-electron chi connectivity index (χ4n) is 4.27. The van der Waals surface area contributed by atoms with Crippen LogP contribution in [-0.2, 0) is 26.2 Å². The maximum absolute atomic E-state index is 14.1. The molecule has 0 aromatic heterocycles. The van der Waals surface area contributed by atoms with Gasteiger partial charge in [0.1, 0.15) is 18.3 Å². The average molecular weight is 621 g/mol. The van der Waals surface area contributed by atoms with Gasteiger partial charge in [0.25, 0.3) is 10.0 Å². The maximum atomic E-state index is 14.1. The molecule has 0 unspecified atom stereocenters. The van der Waals surface area contributed by atoms with E-state index < -0.39 is 28.5 Å². The second-order valence-electron chi connectivity index (χ2n) is 9.88. The number of aryl methyl sites for hydroxylation is 1. The van der Waals surface area contributed by atoms with Crippen molar-refractivity contribution in [2.75, 3.05) is 18.0 Å². The van der Waals surface area contributed by atoms with Crippen molar-refractivity contribution in [1.82, 2.24) is 10.2 Å². The van der Waals surface area contributed by atoms with Crippen molar-refractivity contribution in [2.24, 2.45) is 0 Å². The van der Waals surface area contributed by atoms with Gasteiger partial charge in [0.2, 0.25) is 11.8 Å². The summed E-state index contributed by atoms with van der Waals surface area (Å²) in [6.07, 6.45) is 0.301. The van der Waals surface area contributed by atoms with Gasteiger partial charge in [-0.3, -0.25) is 13.9 Å². The van der Waals surface area contributed by atoms with E-state index in [9.17, 15) is 18.0 Å². The Morgan fingerprint density at radius 2 is 1.66 bits per heavy atom. The molecule has 0 saturated heterocycles. The standard InChI is InChI=1S/C30H35Cl2N3O5S/c1-6-28(30(37)33-20(2)3)34(18-22-12-15-26(31)27(32)16-22)29(36)19-35(23-8-7-9-24(17-23)40-5)41(38,39)25-13-10-21(4)11-14-25/h7-17,20,28H,6,18-19H2,1-5H3,(H,33,37)/t28-/m1/s1. The van der Waals surface area contributed by atoms with E-state index in [0.717, 1.165) is 9.87 Å². The van der Waals surface area contributed by atoms with Crippen molar-refractivity contribution < 1.29 is 22.7 Å². The van der Waals surface area contributed by atoms with Crippen LogP contribution in [0.3, 0.4) is 0 Å². The van der Waals surface area contributed by atoms with Crippen LogP contribution in [0.15, 0.2) is 71.6 Å². The number of nitrogens with zero attached hydrogens (tertiary/aromatic N) is 2. The highest BCUT2D eigenvalue weighted by molar-refractivity contribution is 7.92. The summed E-state index contributed by atoms with van der Waals surface area (Å²) in [5.74, 6) is -0.486. The molecule has 0 spiro atoms. The van der Waals surface area contributed by atoms with E-state index in [1.165, 1.54) is 24.1 Å². The molecule has 0 aliphatic carbocycles. The van der Waals surface area contributed by atoms with E-state index in [1.807, 2.05) is 20.8 Å². The lowest BCUT2D eigenvalue weighted by Gasteiger charge is -2.33. The normalized spacial score (nSPS) is 12.1. The first-order valence-corrected chi connectivity index (χ1v) is 15.3. The lowest BCUT2D eigenvalue weighted by molar-refractivity contribution is -0.140. The van der Waals surface area contributed by atoms with E-state index in [0.29, 0.717) is 27.8 Å². The summed E-state index contributed by atoms with van der Waals surface area (Å²) in [5.41, 5.74) is 1.77. The molecule has 0 aliphatic rings. The minimum absolute atomic E-state index is 0.0102. The van der Waals surface area contributed by atoms with E-state index in [4.69, 9.17) is 27.9 Å². The summed E-state index contributed by atoms with van der Waals surface area (Å²) < 4.78 is 34.3. The lowest BCUT2D eigenvalue weighted by atomic mass is 10.1. The number of ether oxygens (including phenoxy) is 1. The smallest absolute Gasteiger partial charge is 0.264 e. The molecule has 8 nitrogen and oxygen atoms in total. The van der Waals surface area contributed by atoms with Gasteiger partial charge in [-0.2, -0.15) is 0 Å². The number of carbonyl (C=O) groups is 2. The Balaban J connectivity index is 2.10. The summed E-state index contributed by atoms with van der Waals surface area (Å²) in [6.45, 7) is 6.76. The summed E-state index contributed by atoms with van der Waals surface area (Å²) in [7, 11) is -2.72. The summed E-state index contributed by atoms with van der Waals surface area (Å²) in [6, 6.07) is 16.8. The fourth-order valence-corrected chi connectivity index (χ4v) is 5.99. The van der Waals surface area contributed by atoms with E-state index in [1.54, 1.807) is 61.5 Å². The molecule has 220 valence electrons. The van der Waals surface area contributed by atoms with Crippen LogP contribution in [0.25, 0.3) is 0 Å². The number of sulfonamides is 1. The van der Waals surface area contributed by atoms with Gasteiger partial charge < -0.3 is 15.0 Å². The average Bonchev–Trinajstić information content (AvgIpc) is 2.93. The zero-order valence-electron chi connectivity index (χ0n) is 23.7. The van der Waals surface area contributed by atoms with Crippen LogP contribution in [0.2, 0.25) is 10.0 Å². The SMILES string of the molecule is CC[C@H](C(=O)NC(C)C)N(Cc1ccc(Cl)c(Cl)c1)C(=O)CN(c1cccc(OC)c1)S(=O)(=O)c1ccc(C)cc1. The van der Waals surface area contributed by atoms with Gasteiger partial charge in [-0.25, -0.2) is 8.42 Å². The second-order valence-corrected chi connectivity index (χ2v) is 12.6. The molecule has 1 N–H and O–H groups in total. The molecule has 3 aromatic rings. The molecule has 0 fully saturated rings. The van der Waals surface area contributed by atoms with Crippen LogP contribution in [0.1, 0.15) is 38.3 Å². The molecule has 3 aromatic carbocycles. The Bertz CT molecular complexity index is 1480. The summed E-state index contributed by atoms with van der Waals surface area (Å²) in [5, 5.41) is 3.52. The quantitative estimate of drug-likeness (QED) is 0.275. The molecule has 11 heteroatoms. The first-order chi connectivity index (χ1) is 19.4. The molecule has 0 radical (unpaired) electrons. The molecule has 0 saturated carbocycles. The Morgan fingerprint density at radius 1 is 0.976 bits per heavy atom. The number of anilines is 1. The maximum Gasteiger partial charge on any atom is 0.264 e. The van der Waals surface area contributed by atoms with Gasteiger partial charge in [0, 0.05) is 18.7 Å². The number of amides is 2. The van der Waals surface area contributed by atoms with Crippen molar-refractivity contribution >= 4 is 50.7 Å². The predicted molar refractivity (Wildman–Crippen MR) is 163 cm³/mol. The molecule has 0 aliphatic heterocycles. The van der Waals surface area contributed by atoms with Crippen LogP contribution < -0.4 is 14.4 Å². The van der Waals surface area contributed by atoms with Gasteiger partial charge in [0.15, 0.2) is 0 Å². The van der Waals surface area contributed by atoms with E-state index in [-0.39, 0.29) is 29.1 Å². The molecule has 1 atom stereocenters. The number of hydrogen-bond donors (Lipinski definition) is 1. The van der Waals surface area contributed by atoms with Crippen LogP contribution in [0.4, 0.5) is 5.69 Å². The Kier molecular flexibility index (Phi) is 11.1. The van der Waals surface area contributed by atoms with E-state index >= 15 is 0 Å². The third-order valence-electron chi connectivity index (χ3n) is 6.38. The van der Waals surface area contributed by atoms with Crippen LogP contribution in [0.5, 0.6) is 5.75 Å². The number of rotatable bonds is 12. The van der Waals surface area contributed by atoms with Crippen molar-refractivity contribution in [1.29, 1.82) is 0 Å². The molecule has 2 amide bonds. The molecular formula is C30H35Cl2N3O5S. The van der Waals surface area contributed by atoms with E-state index in [2.05, 4.69) is 5.32 Å². The zero-order valence-corrected chi connectivity index (χ0v) is 26.1. The minimum Gasteiger partial charge on any atom is -0.497 e. The largest absolute Gasteiger partial charge is 0.497 e. The highest BCUT2D eigenvalue weighted by atomic mass is 35.5. The number of methoxy groups -OCH3 is 1. The number of nitrogens with one attached hydrogen (secondary N) is 1. The highest BCUT2D eigenvalue weighted by Gasteiger charge is 2.34. The van der Waals surface area contributed by atoms with Crippen LogP contribution >= 0.6 is 23.2 Å². The molecule has 0 heterocycles.